The molecule has 0 saturated carbocycles. The van der Waals surface area contributed by atoms with Crippen LogP contribution in [0.4, 0.5) is 11.6 Å². The van der Waals surface area contributed by atoms with Crippen LogP contribution in [0.1, 0.15) is 10.5 Å². The summed E-state index contributed by atoms with van der Waals surface area (Å²) in [6.45, 7) is 0. The molecule has 7 nitrogen and oxygen atoms in total. The number of hydrogen-bond acceptors (Lipinski definition) is 5. The predicted octanol–water partition coefficient (Wildman–Crippen LogP) is 1.26. The van der Waals surface area contributed by atoms with Crippen molar-refractivity contribution < 1.29 is 9.90 Å². The number of carboxylic acids is 1. The summed E-state index contributed by atoms with van der Waals surface area (Å²) in [5.41, 5.74) is 13.4. The molecule has 0 saturated heterocycles. The lowest BCUT2D eigenvalue weighted by Crippen LogP contribution is -2.09. The SMILES string of the molecule is Nc1cccc(-c2ccc3nc(N)nn3c2C(=O)O)c1. The number of rotatable bonds is 2. The van der Waals surface area contributed by atoms with E-state index in [9.17, 15) is 9.90 Å². The first-order chi connectivity index (χ1) is 9.56. The first-order valence-corrected chi connectivity index (χ1v) is 5.81. The average molecular weight is 269 g/mol. The van der Waals surface area contributed by atoms with Gasteiger partial charge in [-0.05, 0) is 29.8 Å². The Balaban J connectivity index is 2.35. The molecule has 3 aromatic rings. The summed E-state index contributed by atoms with van der Waals surface area (Å²) in [6, 6.07) is 10.3. The van der Waals surface area contributed by atoms with E-state index in [-0.39, 0.29) is 11.6 Å². The predicted molar refractivity (Wildman–Crippen MR) is 74.2 cm³/mol. The maximum atomic E-state index is 11.5. The van der Waals surface area contributed by atoms with Crippen molar-refractivity contribution in [2.24, 2.45) is 0 Å². The third kappa shape index (κ3) is 1.81. The van der Waals surface area contributed by atoms with E-state index in [2.05, 4.69) is 10.1 Å². The number of nitrogens with zero attached hydrogens (tertiary/aromatic N) is 3. The minimum Gasteiger partial charge on any atom is -0.476 e. The van der Waals surface area contributed by atoms with Gasteiger partial charge in [0.2, 0.25) is 5.95 Å². The summed E-state index contributed by atoms with van der Waals surface area (Å²) < 4.78 is 1.22. The van der Waals surface area contributed by atoms with Crippen LogP contribution in [-0.4, -0.2) is 25.7 Å². The van der Waals surface area contributed by atoms with Crippen molar-refractivity contribution in [1.82, 2.24) is 14.6 Å². The smallest absolute Gasteiger partial charge is 0.355 e. The summed E-state index contributed by atoms with van der Waals surface area (Å²) in [5, 5.41) is 13.4. The Hall–Kier alpha value is -3.09. The van der Waals surface area contributed by atoms with Crippen LogP contribution in [0.15, 0.2) is 36.4 Å². The highest BCUT2D eigenvalue weighted by molar-refractivity contribution is 5.95. The summed E-state index contributed by atoms with van der Waals surface area (Å²) in [7, 11) is 0. The molecule has 0 atom stereocenters. The Bertz CT molecular complexity index is 825. The fourth-order valence-electron chi connectivity index (χ4n) is 2.11. The molecule has 5 N–H and O–H groups in total. The van der Waals surface area contributed by atoms with E-state index in [0.29, 0.717) is 22.5 Å². The number of anilines is 2. The molecule has 2 heterocycles. The van der Waals surface area contributed by atoms with E-state index >= 15 is 0 Å². The zero-order valence-corrected chi connectivity index (χ0v) is 10.3. The zero-order chi connectivity index (χ0) is 14.3. The minimum absolute atomic E-state index is 0.00250. The van der Waals surface area contributed by atoms with Gasteiger partial charge < -0.3 is 16.6 Å². The van der Waals surface area contributed by atoms with Gasteiger partial charge in [-0.25, -0.2) is 9.31 Å². The zero-order valence-electron chi connectivity index (χ0n) is 10.3. The number of carboxylic acid groups (broad SMARTS) is 1. The number of nitrogen functional groups attached to an aromatic ring is 2. The second-order valence-electron chi connectivity index (χ2n) is 4.27. The summed E-state index contributed by atoms with van der Waals surface area (Å²) in [5.74, 6) is -1.09. The summed E-state index contributed by atoms with van der Waals surface area (Å²) >= 11 is 0. The first kappa shape index (κ1) is 12.0. The van der Waals surface area contributed by atoms with Gasteiger partial charge in [0.25, 0.3) is 0 Å². The second kappa shape index (κ2) is 4.23. The molecular weight excluding hydrogens is 258 g/mol. The molecule has 100 valence electrons. The Morgan fingerprint density at radius 3 is 2.70 bits per heavy atom. The maximum absolute atomic E-state index is 11.5. The van der Waals surface area contributed by atoms with Crippen LogP contribution in [0.2, 0.25) is 0 Å². The van der Waals surface area contributed by atoms with Crippen LogP contribution in [0.5, 0.6) is 0 Å². The average Bonchev–Trinajstić information content (AvgIpc) is 2.77. The molecule has 0 fully saturated rings. The Kier molecular flexibility index (Phi) is 2.53. The molecule has 0 aliphatic rings. The van der Waals surface area contributed by atoms with Crippen molar-refractivity contribution in [3.63, 3.8) is 0 Å². The van der Waals surface area contributed by atoms with E-state index in [0.717, 1.165) is 0 Å². The number of hydrogen-bond donors (Lipinski definition) is 3. The number of benzene rings is 1. The maximum Gasteiger partial charge on any atom is 0.355 e. The van der Waals surface area contributed by atoms with Crippen molar-refractivity contribution >= 4 is 23.3 Å². The Morgan fingerprint density at radius 1 is 1.20 bits per heavy atom. The summed E-state index contributed by atoms with van der Waals surface area (Å²) in [6.07, 6.45) is 0. The van der Waals surface area contributed by atoms with Gasteiger partial charge in [-0.15, -0.1) is 5.10 Å². The molecule has 0 bridgehead atoms. The number of aromatic nitrogens is 3. The third-order valence-corrected chi connectivity index (χ3v) is 2.91. The van der Waals surface area contributed by atoms with Crippen molar-refractivity contribution in [3.8, 4) is 11.1 Å². The number of aromatic carboxylic acids is 1. The second-order valence-corrected chi connectivity index (χ2v) is 4.27. The molecule has 0 unspecified atom stereocenters. The van der Waals surface area contributed by atoms with Crippen molar-refractivity contribution in [3.05, 3.63) is 42.1 Å². The van der Waals surface area contributed by atoms with Crippen molar-refractivity contribution in [2.75, 3.05) is 11.5 Å². The van der Waals surface area contributed by atoms with Crippen LogP contribution in [-0.2, 0) is 0 Å². The Labute approximate surface area is 113 Å². The fraction of sp³-hybridized carbons (Fsp3) is 0. The van der Waals surface area contributed by atoms with Gasteiger partial charge in [-0.1, -0.05) is 12.1 Å². The van der Waals surface area contributed by atoms with E-state index in [1.54, 1.807) is 36.4 Å². The topological polar surface area (TPSA) is 120 Å². The van der Waals surface area contributed by atoms with Crippen LogP contribution in [0.25, 0.3) is 16.8 Å². The summed E-state index contributed by atoms with van der Waals surface area (Å²) in [4.78, 5) is 15.5. The molecule has 0 amide bonds. The highest BCUT2D eigenvalue weighted by atomic mass is 16.4. The molecule has 0 aliphatic heterocycles. The van der Waals surface area contributed by atoms with Crippen LogP contribution in [0, 0.1) is 0 Å². The molecule has 1 aromatic carbocycles. The number of nitrogens with two attached hydrogens (primary N) is 2. The normalized spacial score (nSPS) is 10.8. The molecule has 2 aromatic heterocycles. The minimum atomic E-state index is -1.11. The van der Waals surface area contributed by atoms with Crippen LogP contribution >= 0.6 is 0 Å². The van der Waals surface area contributed by atoms with Gasteiger partial charge in [0.15, 0.2) is 11.3 Å². The van der Waals surface area contributed by atoms with E-state index in [1.165, 1.54) is 4.52 Å². The van der Waals surface area contributed by atoms with Gasteiger partial charge in [-0.3, -0.25) is 0 Å². The lowest BCUT2D eigenvalue weighted by atomic mass is 10.0. The monoisotopic (exact) mass is 269 g/mol. The molecule has 20 heavy (non-hydrogen) atoms. The Morgan fingerprint density at radius 2 is 2.00 bits per heavy atom. The molecular formula is C13H11N5O2. The molecule has 0 aliphatic carbocycles. The lowest BCUT2D eigenvalue weighted by Gasteiger charge is -2.08. The van der Waals surface area contributed by atoms with E-state index < -0.39 is 5.97 Å². The highest BCUT2D eigenvalue weighted by Crippen LogP contribution is 2.26. The molecule has 3 rings (SSSR count). The lowest BCUT2D eigenvalue weighted by molar-refractivity contribution is 0.0688. The molecule has 0 radical (unpaired) electrons. The number of pyridine rings is 1. The highest BCUT2D eigenvalue weighted by Gasteiger charge is 2.18. The fourth-order valence-corrected chi connectivity index (χ4v) is 2.11. The third-order valence-electron chi connectivity index (χ3n) is 2.91. The van der Waals surface area contributed by atoms with E-state index in [1.807, 2.05) is 0 Å². The standard InChI is InChI=1S/C13H11N5O2/c14-8-3-1-2-7(6-8)9-4-5-10-16-13(15)17-18(10)11(9)12(19)20/h1-6H,14H2,(H2,15,17)(H,19,20). The van der Waals surface area contributed by atoms with Crippen LogP contribution in [0.3, 0.4) is 0 Å². The quantitative estimate of drug-likeness (QED) is 0.602. The van der Waals surface area contributed by atoms with E-state index in [4.69, 9.17) is 11.5 Å². The first-order valence-electron chi connectivity index (χ1n) is 5.81. The molecule has 7 heteroatoms. The van der Waals surface area contributed by atoms with Gasteiger partial charge in [-0.2, -0.15) is 4.98 Å². The van der Waals surface area contributed by atoms with Crippen molar-refractivity contribution in [1.29, 1.82) is 0 Å². The number of fused-ring (bicyclic) bond motifs is 1. The largest absolute Gasteiger partial charge is 0.476 e. The van der Waals surface area contributed by atoms with Gasteiger partial charge in [0.1, 0.15) is 0 Å². The van der Waals surface area contributed by atoms with Crippen LogP contribution < -0.4 is 11.5 Å². The van der Waals surface area contributed by atoms with Crippen molar-refractivity contribution in [2.45, 2.75) is 0 Å². The number of carbonyl (C=O) groups is 1. The molecule has 0 spiro atoms. The van der Waals surface area contributed by atoms with Gasteiger partial charge in [0, 0.05) is 11.3 Å². The van der Waals surface area contributed by atoms with Gasteiger partial charge >= 0.3 is 5.97 Å². The van der Waals surface area contributed by atoms with Gasteiger partial charge in [0.05, 0.1) is 0 Å².